The van der Waals surface area contributed by atoms with E-state index < -0.39 is 0 Å². The SMILES string of the molecule is Cc1nccn1CC(C)CNC(=O)N1CCCC1(C)C. The van der Waals surface area contributed by atoms with Crippen LogP contribution in [0.25, 0.3) is 0 Å². The van der Waals surface area contributed by atoms with Gasteiger partial charge in [-0.2, -0.15) is 0 Å². The van der Waals surface area contributed by atoms with Crippen molar-refractivity contribution in [2.24, 2.45) is 5.92 Å². The van der Waals surface area contributed by atoms with E-state index in [1.54, 1.807) is 0 Å². The molecule has 0 aromatic carbocycles. The zero-order chi connectivity index (χ0) is 14.8. The molecule has 0 aliphatic carbocycles. The number of nitrogens with one attached hydrogen (secondary N) is 1. The first kappa shape index (κ1) is 14.9. The number of hydrogen-bond acceptors (Lipinski definition) is 2. The summed E-state index contributed by atoms with van der Waals surface area (Å²) in [5, 5.41) is 3.07. The highest BCUT2D eigenvalue weighted by atomic mass is 16.2. The monoisotopic (exact) mass is 278 g/mol. The lowest BCUT2D eigenvalue weighted by molar-refractivity contribution is 0.163. The molecule has 20 heavy (non-hydrogen) atoms. The Morgan fingerprint density at radius 2 is 2.30 bits per heavy atom. The van der Waals surface area contributed by atoms with Gasteiger partial charge in [0.25, 0.3) is 0 Å². The third-order valence-corrected chi connectivity index (χ3v) is 4.18. The lowest BCUT2D eigenvalue weighted by Gasteiger charge is -2.32. The lowest BCUT2D eigenvalue weighted by Crippen LogP contribution is -2.48. The van der Waals surface area contributed by atoms with Crippen LogP contribution in [0.3, 0.4) is 0 Å². The minimum atomic E-state index is -0.00570. The van der Waals surface area contributed by atoms with Gasteiger partial charge in [0.1, 0.15) is 5.82 Å². The molecule has 1 fully saturated rings. The summed E-state index contributed by atoms with van der Waals surface area (Å²) >= 11 is 0. The van der Waals surface area contributed by atoms with Crippen LogP contribution in [0.4, 0.5) is 4.79 Å². The van der Waals surface area contributed by atoms with Crippen LogP contribution in [-0.4, -0.2) is 39.1 Å². The van der Waals surface area contributed by atoms with E-state index >= 15 is 0 Å². The van der Waals surface area contributed by atoms with Gasteiger partial charge in [-0.05, 0) is 39.5 Å². The topological polar surface area (TPSA) is 50.2 Å². The van der Waals surface area contributed by atoms with Crippen LogP contribution in [0, 0.1) is 12.8 Å². The van der Waals surface area contributed by atoms with Gasteiger partial charge in [0.05, 0.1) is 0 Å². The first-order valence-corrected chi connectivity index (χ1v) is 7.43. The average Bonchev–Trinajstić information content (AvgIpc) is 2.92. The van der Waals surface area contributed by atoms with Crippen LogP contribution >= 0.6 is 0 Å². The molecule has 1 aliphatic heterocycles. The van der Waals surface area contributed by atoms with Gasteiger partial charge in [-0.15, -0.1) is 0 Å². The minimum Gasteiger partial charge on any atom is -0.338 e. The summed E-state index contributed by atoms with van der Waals surface area (Å²) < 4.78 is 2.12. The van der Waals surface area contributed by atoms with E-state index in [0.29, 0.717) is 12.5 Å². The zero-order valence-corrected chi connectivity index (χ0v) is 13.0. The fraction of sp³-hybridized carbons (Fsp3) is 0.733. The van der Waals surface area contributed by atoms with Crippen molar-refractivity contribution in [2.45, 2.75) is 52.6 Å². The molecule has 112 valence electrons. The number of nitrogens with zero attached hydrogens (tertiary/aromatic N) is 3. The van der Waals surface area contributed by atoms with Crippen molar-refractivity contribution >= 4 is 6.03 Å². The third kappa shape index (κ3) is 3.32. The van der Waals surface area contributed by atoms with E-state index in [2.05, 4.69) is 35.6 Å². The number of urea groups is 1. The highest BCUT2D eigenvalue weighted by Crippen LogP contribution is 2.27. The number of amides is 2. The summed E-state index contributed by atoms with van der Waals surface area (Å²) in [5.41, 5.74) is -0.00570. The highest BCUT2D eigenvalue weighted by molar-refractivity contribution is 5.75. The van der Waals surface area contributed by atoms with Crippen LogP contribution in [0.15, 0.2) is 12.4 Å². The Bertz CT molecular complexity index is 466. The van der Waals surface area contributed by atoms with Gasteiger partial charge < -0.3 is 14.8 Å². The molecule has 1 N–H and O–H groups in total. The smallest absolute Gasteiger partial charge is 0.317 e. The number of imidazole rings is 1. The average molecular weight is 278 g/mol. The zero-order valence-electron chi connectivity index (χ0n) is 13.0. The van der Waals surface area contributed by atoms with Crippen LogP contribution < -0.4 is 5.32 Å². The first-order valence-electron chi connectivity index (χ1n) is 7.43. The summed E-state index contributed by atoms with van der Waals surface area (Å²) in [5.74, 6) is 1.40. The number of aryl methyl sites for hydroxylation is 1. The second-order valence-electron chi connectivity index (χ2n) is 6.49. The van der Waals surface area contributed by atoms with Gasteiger partial charge in [0.2, 0.25) is 0 Å². The Morgan fingerprint density at radius 3 is 2.85 bits per heavy atom. The summed E-state index contributed by atoms with van der Waals surface area (Å²) in [6, 6.07) is 0.0710. The predicted molar refractivity (Wildman–Crippen MR) is 79.5 cm³/mol. The minimum absolute atomic E-state index is 0.00570. The van der Waals surface area contributed by atoms with Gasteiger partial charge in [0, 0.05) is 37.6 Å². The second kappa shape index (κ2) is 5.85. The molecule has 1 aromatic rings. The predicted octanol–water partition coefficient (Wildman–Crippen LogP) is 2.41. The van der Waals surface area contributed by atoms with Crippen molar-refractivity contribution in [3.8, 4) is 0 Å². The molecule has 1 aromatic heterocycles. The molecule has 1 atom stereocenters. The Kier molecular flexibility index (Phi) is 4.35. The van der Waals surface area contributed by atoms with E-state index in [1.165, 1.54) is 0 Å². The molecule has 0 spiro atoms. The number of rotatable bonds is 4. The number of aromatic nitrogens is 2. The molecule has 5 heteroatoms. The number of carbonyl (C=O) groups excluding carboxylic acids is 1. The Labute approximate surface area is 121 Å². The number of likely N-dealkylation sites (tertiary alicyclic amines) is 1. The van der Waals surface area contributed by atoms with Crippen molar-refractivity contribution in [3.05, 3.63) is 18.2 Å². The standard InChI is InChI=1S/C15H26N4O/c1-12(11-18-9-7-16-13(18)2)10-17-14(20)19-8-5-6-15(19,3)4/h7,9,12H,5-6,8,10-11H2,1-4H3,(H,17,20). The van der Waals surface area contributed by atoms with Gasteiger partial charge in [0.15, 0.2) is 0 Å². The van der Waals surface area contributed by atoms with Gasteiger partial charge in [-0.25, -0.2) is 9.78 Å². The molecule has 2 amide bonds. The van der Waals surface area contributed by atoms with Crippen molar-refractivity contribution in [3.63, 3.8) is 0 Å². The quantitative estimate of drug-likeness (QED) is 0.919. The Morgan fingerprint density at radius 1 is 1.55 bits per heavy atom. The highest BCUT2D eigenvalue weighted by Gasteiger charge is 2.35. The van der Waals surface area contributed by atoms with E-state index in [-0.39, 0.29) is 11.6 Å². The number of hydrogen-bond donors (Lipinski definition) is 1. The maximum Gasteiger partial charge on any atom is 0.317 e. The summed E-state index contributed by atoms with van der Waals surface area (Å²) in [4.78, 5) is 18.4. The van der Waals surface area contributed by atoms with Crippen LogP contribution in [0.5, 0.6) is 0 Å². The fourth-order valence-corrected chi connectivity index (χ4v) is 2.84. The second-order valence-corrected chi connectivity index (χ2v) is 6.49. The summed E-state index contributed by atoms with van der Waals surface area (Å²) in [7, 11) is 0. The molecule has 2 heterocycles. The normalized spacial score (nSPS) is 19.1. The molecular formula is C15H26N4O. The maximum absolute atomic E-state index is 12.2. The first-order chi connectivity index (χ1) is 9.40. The molecule has 1 aliphatic rings. The van der Waals surface area contributed by atoms with E-state index in [1.807, 2.05) is 24.2 Å². The van der Waals surface area contributed by atoms with Crippen molar-refractivity contribution in [2.75, 3.05) is 13.1 Å². The lowest BCUT2D eigenvalue weighted by atomic mass is 10.0. The molecule has 0 saturated carbocycles. The van der Waals surface area contributed by atoms with Crippen molar-refractivity contribution < 1.29 is 4.79 Å². The molecule has 2 rings (SSSR count). The van der Waals surface area contributed by atoms with Crippen LogP contribution in [-0.2, 0) is 6.54 Å². The molecule has 1 unspecified atom stereocenters. The van der Waals surface area contributed by atoms with Gasteiger partial charge in [-0.3, -0.25) is 0 Å². The Hall–Kier alpha value is -1.52. The Balaban J connectivity index is 1.80. The van der Waals surface area contributed by atoms with Crippen LogP contribution in [0.1, 0.15) is 39.4 Å². The van der Waals surface area contributed by atoms with Gasteiger partial charge in [-0.1, -0.05) is 6.92 Å². The van der Waals surface area contributed by atoms with E-state index in [4.69, 9.17) is 0 Å². The maximum atomic E-state index is 12.2. The molecule has 1 saturated heterocycles. The number of carbonyl (C=O) groups is 1. The van der Waals surface area contributed by atoms with Gasteiger partial charge >= 0.3 is 6.03 Å². The van der Waals surface area contributed by atoms with Crippen molar-refractivity contribution in [1.82, 2.24) is 19.8 Å². The van der Waals surface area contributed by atoms with Crippen LogP contribution in [0.2, 0.25) is 0 Å². The largest absolute Gasteiger partial charge is 0.338 e. The molecular weight excluding hydrogens is 252 g/mol. The third-order valence-electron chi connectivity index (χ3n) is 4.18. The van der Waals surface area contributed by atoms with E-state index in [0.717, 1.165) is 31.8 Å². The van der Waals surface area contributed by atoms with E-state index in [9.17, 15) is 4.79 Å². The molecule has 0 bridgehead atoms. The molecule has 0 radical (unpaired) electrons. The summed E-state index contributed by atoms with van der Waals surface area (Å²) in [6.07, 6.45) is 5.99. The molecule has 5 nitrogen and oxygen atoms in total. The van der Waals surface area contributed by atoms with Crippen molar-refractivity contribution in [1.29, 1.82) is 0 Å². The summed E-state index contributed by atoms with van der Waals surface area (Å²) in [6.45, 7) is 10.9. The fourth-order valence-electron chi connectivity index (χ4n) is 2.84.